The Bertz CT molecular complexity index is 511. The highest BCUT2D eigenvalue weighted by Gasteiger charge is 2.09. The highest BCUT2D eigenvalue weighted by molar-refractivity contribution is 6.17. The Morgan fingerprint density at radius 3 is 2.89 bits per heavy atom. The van der Waals surface area contributed by atoms with E-state index in [4.69, 9.17) is 20.8 Å². The van der Waals surface area contributed by atoms with Gasteiger partial charge in [-0.15, -0.1) is 21.8 Å². The van der Waals surface area contributed by atoms with Gasteiger partial charge in [-0.3, -0.25) is 0 Å². The fourth-order valence-corrected chi connectivity index (χ4v) is 1.69. The van der Waals surface area contributed by atoms with Gasteiger partial charge in [0.1, 0.15) is 5.75 Å². The minimum Gasteiger partial charge on any atom is -0.491 e. The van der Waals surface area contributed by atoms with E-state index in [1.807, 2.05) is 38.1 Å². The van der Waals surface area contributed by atoms with Gasteiger partial charge in [0.2, 0.25) is 11.8 Å². The third-order valence-corrected chi connectivity index (χ3v) is 2.42. The molecule has 0 bridgehead atoms. The lowest BCUT2D eigenvalue weighted by Gasteiger charge is -2.09. The molecule has 2 aromatic rings. The highest BCUT2D eigenvalue weighted by Crippen LogP contribution is 2.23. The number of halogens is 1. The maximum Gasteiger partial charge on any atom is 0.247 e. The molecule has 0 spiro atoms. The molecule has 2 rings (SSSR count). The second-order valence-electron chi connectivity index (χ2n) is 4.13. The lowest BCUT2D eigenvalue weighted by molar-refractivity contribution is 0.242. The predicted molar refractivity (Wildman–Crippen MR) is 69.9 cm³/mol. The van der Waals surface area contributed by atoms with Gasteiger partial charge in [0.15, 0.2) is 0 Å². The van der Waals surface area contributed by atoms with Crippen molar-refractivity contribution in [3.05, 3.63) is 30.2 Å². The summed E-state index contributed by atoms with van der Waals surface area (Å²) in [5.41, 5.74) is 0.849. The fourth-order valence-electron chi connectivity index (χ4n) is 1.53. The van der Waals surface area contributed by atoms with Crippen LogP contribution in [-0.2, 0) is 6.42 Å². The molecule has 0 N–H and O–H groups in total. The van der Waals surface area contributed by atoms with Crippen molar-refractivity contribution in [1.82, 2.24) is 10.2 Å². The van der Waals surface area contributed by atoms with Crippen molar-refractivity contribution in [3.8, 4) is 17.2 Å². The summed E-state index contributed by atoms with van der Waals surface area (Å²) in [6.45, 7) is 3.97. The normalized spacial score (nSPS) is 10.9. The number of ether oxygens (including phenoxy) is 1. The van der Waals surface area contributed by atoms with Gasteiger partial charge >= 0.3 is 0 Å². The zero-order chi connectivity index (χ0) is 13.0. The largest absolute Gasteiger partial charge is 0.491 e. The Morgan fingerprint density at radius 2 is 2.17 bits per heavy atom. The molecule has 0 amide bonds. The summed E-state index contributed by atoms with van der Waals surface area (Å²) in [6.07, 6.45) is 0.714. The smallest absolute Gasteiger partial charge is 0.247 e. The van der Waals surface area contributed by atoms with Gasteiger partial charge in [-0.25, -0.2) is 0 Å². The average Bonchev–Trinajstić information content (AvgIpc) is 2.78. The van der Waals surface area contributed by atoms with E-state index in [9.17, 15) is 0 Å². The molecule has 0 fully saturated rings. The van der Waals surface area contributed by atoms with Crippen molar-refractivity contribution in [2.75, 3.05) is 5.88 Å². The number of alkyl halides is 1. The Balaban J connectivity index is 2.21. The van der Waals surface area contributed by atoms with Crippen LogP contribution < -0.4 is 4.74 Å². The zero-order valence-electron chi connectivity index (χ0n) is 10.4. The molecule has 1 heterocycles. The van der Waals surface area contributed by atoms with Gasteiger partial charge in [-0.1, -0.05) is 6.07 Å². The third-order valence-electron chi connectivity index (χ3n) is 2.23. The Morgan fingerprint density at radius 1 is 1.33 bits per heavy atom. The number of hydrogen-bond acceptors (Lipinski definition) is 4. The molecular formula is C13H15ClN2O2. The predicted octanol–water partition coefficient (Wildman–Crippen LogP) is 3.31. The first-order chi connectivity index (χ1) is 8.69. The summed E-state index contributed by atoms with van der Waals surface area (Å²) in [5, 5.41) is 7.93. The van der Waals surface area contributed by atoms with Crippen molar-refractivity contribution in [1.29, 1.82) is 0 Å². The molecule has 1 aromatic heterocycles. The minimum absolute atomic E-state index is 0.134. The van der Waals surface area contributed by atoms with E-state index in [1.54, 1.807) is 0 Å². The number of benzene rings is 1. The monoisotopic (exact) mass is 266 g/mol. The van der Waals surface area contributed by atoms with Crippen LogP contribution in [0.15, 0.2) is 28.7 Å². The van der Waals surface area contributed by atoms with Crippen LogP contribution in [0, 0.1) is 0 Å². The van der Waals surface area contributed by atoms with Crippen LogP contribution in [0.5, 0.6) is 5.75 Å². The zero-order valence-corrected chi connectivity index (χ0v) is 11.1. The maximum atomic E-state index is 5.63. The number of aromatic nitrogens is 2. The van der Waals surface area contributed by atoms with Gasteiger partial charge in [0, 0.05) is 17.9 Å². The van der Waals surface area contributed by atoms with E-state index in [2.05, 4.69) is 10.2 Å². The molecule has 0 saturated carbocycles. The fraction of sp³-hybridized carbons (Fsp3) is 0.385. The van der Waals surface area contributed by atoms with E-state index in [-0.39, 0.29) is 6.10 Å². The Kier molecular flexibility index (Phi) is 4.20. The quantitative estimate of drug-likeness (QED) is 0.779. The van der Waals surface area contributed by atoms with Crippen molar-refractivity contribution < 1.29 is 9.15 Å². The summed E-state index contributed by atoms with van der Waals surface area (Å²) in [7, 11) is 0. The van der Waals surface area contributed by atoms with Crippen LogP contribution in [0.2, 0.25) is 0 Å². The molecule has 18 heavy (non-hydrogen) atoms. The van der Waals surface area contributed by atoms with E-state index in [1.165, 1.54) is 0 Å². The standard InChI is InChI=1S/C13H15ClN2O2/c1-9(2)17-11-5-3-4-10(8-11)13-16-15-12(18-13)6-7-14/h3-5,8-9H,6-7H2,1-2H3. The van der Waals surface area contributed by atoms with Crippen molar-refractivity contribution in [2.45, 2.75) is 26.4 Å². The van der Waals surface area contributed by atoms with Gasteiger partial charge in [0.25, 0.3) is 0 Å². The lowest BCUT2D eigenvalue weighted by atomic mass is 10.2. The van der Waals surface area contributed by atoms with E-state index >= 15 is 0 Å². The van der Waals surface area contributed by atoms with Crippen LogP contribution in [-0.4, -0.2) is 22.2 Å². The molecule has 0 saturated heterocycles. The first-order valence-corrected chi connectivity index (χ1v) is 6.38. The van der Waals surface area contributed by atoms with Gasteiger partial charge in [0.05, 0.1) is 6.10 Å². The van der Waals surface area contributed by atoms with Gasteiger partial charge in [-0.2, -0.15) is 0 Å². The maximum absolute atomic E-state index is 5.63. The van der Waals surface area contributed by atoms with E-state index in [0.717, 1.165) is 11.3 Å². The molecule has 0 atom stereocenters. The van der Waals surface area contributed by atoms with Crippen LogP contribution in [0.1, 0.15) is 19.7 Å². The Labute approximate surface area is 111 Å². The minimum atomic E-state index is 0.134. The Hall–Kier alpha value is -1.55. The molecule has 0 unspecified atom stereocenters. The van der Waals surface area contributed by atoms with Crippen LogP contribution in [0.3, 0.4) is 0 Å². The summed E-state index contributed by atoms with van der Waals surface area (Å²) in [6, 6.07) is 7.60. The molecule has 0 aliphatic heterocycles. The van der Waals surface area contributed by atoms with E-state index in [0.29, 0.717) is 24.1 Å². The van der Waals surface area contributed by atoms with Gasteiger partial charge in [-0.05, 0) is 32.0 Å². The topological polar surface area (TPSA) is 48.2 Å². The highest BCUT2D eigenvalue weighted by atomic mass is 35.5. The second kappa shape index (κ2) is 5.87. The molecule has 0 aliphatic rings. The van der Waals surface area contributed by atoms with Gasteiger partial charge < -0.3 is 9.15 Å². The SMILES string of the molecule is CC(C)Oc1cccc(-c2nnc(CCCl)o2)c1. The molecule has 4 nitrogen and oxygen atoms in total. The van der Waals surface area contributed by atoms with E-state index < -0.39 is 0 Å². The number of nitrogens with zero attached hydrogens (tertiary/aromatic N) is 2. The molecule has 5 heteroatoms. The average molecular weight is 267 g/mol. The molecule has 0 radical (unpaired) electrons. The third kappa shape index (κ3) is 3.23. The molecule has 0 aliphatic carbocycles. The number of rotatable bonds is 5. The van der Waals surface area contributed by atoms with Crippen LogP contribution >= 0.6 is 11.6 Å². The van der Waals surface area contributed by atoms with Crippen LogP contribution in [0.4, 0.5) is 0 Å². The van der Waals surface area contributed by atoms with Crippen molar-refractivity contribution in [2.24, 2.45) is 0 Å². The number of aryl methyl sites for hydroxylation is 1. The first-order valence-electron chi connectivity index (χ1n) is 5.84. The summed E-state index contributed by atoms with van der Waals surface area (Å²) >= 11 is 5.63. The molecule has 1 aromatic carbocycles. The summed E-state index contributed by atoms with van der Waals surface area (Å²) in [4.78, 5) is 0. The second-order valence-corrected chi connectivity index (χ2v) is 4.51. The number of hydrogen-bond donors (Lipinski definition) is 0. The molecule has 96 valence electrons. The van der Waals surface area contributed by atoms with Crippen LogP contribution in [0.25, 0.3) is 11.5 Å². The van der Waals surface area contributed by atoms with Crippen molar-refractivity contribution >= 4 is 11.6 Å². The summed E-state index contributed by atoms with van der Waals surface area (Å²) < 4.78 is 11.1. The lowest BCUT2D eigenvalue weighted by Crippen LogP contribution is -2.05. The summed E-state index contributed by atoms with van der Waals surface area (Å²) in [5.74, 6) is 2.30. The first kappa shape index (κ1) is 12.9. The molecular weight excluding hydrogens is 252 g/mol. The van der Waals surface area contributed by atoms with Crippen molar-refractivity contribution in [3.63, 3.8) is 0 Å².